The molecule has 0 unspecified atom stereocenters. The lowest BCUT2D eigenvalue weighted by molar-refractivity contribution is 1.23. The Morgan fingerprint density at radius 1 is 0.386 bits per heavy atom. The molecule has 7 aromatic carbocycles. The number of anilines is 6. The van der Waals surface area contributed by atoms with Crippen molar-refractivity contribution in [2.45, 2.75) is 0 Å². The number of hydrogen-bond donors (Lipinski definition) is 0. The van der Waals surface area contributed by atoms with E-state index in [0.717, 1.165) is 28.0 Å². The van der Waals surface area contributed by atoms with Crippen molar-refractivity contribution in [3.63, 3.8) is 0 Å². The molecule has 0 saturated heterocycles. The fourth-order valence-corrected chi connectivity index (χ4v) is 10.2. The van der Waals surface area contributed by atoms with E-state index in [-0.39, 0.29) is 20.1 Å². The fourth-order valence-electron chi connectivity index (χ4n) is 10.2. The molecule has 0 spiro atoms. The van der Waals surface area contributed by atoms with Gasteiger partial charge < -0.3 is 9.80 Å². The third-order valence-corrected chi connectivity index (χ3v) is 12.4. The first-order valence-corrected chi connectivity index (χ1v) is 19.8. The lowest BCUT2D eigenvalue weighted by Gasteiger charge is -2.47. The second-order valence-corrected chi connectivity index (χ2v) is 15.3. The number of rotatable bonds is 4. The average Bonchev–Trinajstić information content (AvgIpc) is 3.28. The second-order valence-electron chi connectivity index (χ2n) is 15.3. The summed E-state index contributed by atoms with van der Waals surface area (Å²) < 4.78 is 0. The first-order valence-electron chi connectivity index (χ1n) is 19.8. The second kappa shape index (κ2) is 12.7. The Kier molecular flexibility index (Phi) is 7.18. The van der Waals surface area contributed by atoms with Gasteiger partial charge in [-0.05, 0) is 64.3 Å². The van der Waals surface area contributed by atoms with Gasteiger partial charge in [0, 0.05) is 40.5 Å². The molecule has 7 heteroatoms. The molecule has 9 aromatic rings. The van der Waals surface area contributed by atoms with E-state index in [1.165, 1.54) is 66.2 Å². The molecule has 262 valence electrons. The van der Waals surface area contributed by atoms with Crippen LogP contribution in [0.25, 0.3) is 10.9 Å². The fraction of sp³-hybridized carbons (Fsp3) is 0. The Morgan fingerprint density at radius 3 is 1.68 bits per heavy atom. The van der Waals surface area contributed by atoms with Crippen LogP contribution in [0.4, 0.5) is 34.1 Å². The molecule has 2 aromatic heterocycles. The van der Waals surface area contributed by atoms with E-state index in [2.05, 4.69) is 186 Å². The minimum atomic E-state index is -0.0608. The lowest BCUT2D eigenvalue weighted by Crippen LogP contribution is -2.78. The van der Waals surface area contributed by atoms with Crippen LogP contribution in [0.15, 0.2) is 201 Å². The van der Waals surface area contributed by atoms with Crippen molar-refractivity contribution in [1.82, 2.24) is 9.97 Å². The summed E-state index contributed by atoms with van der Waals surface area (Å²) in [6.07, 6.45) is 5.81. The Labute approximate surface area is 333 Å². The summed E-state index contributed by atoms with van der Waals surface area (Å²) in [5, 5.41) is 1.11. The van der Waals surface area contributed by atoms with Crippen LogP contribution in [0, 0.1) is 0 Å². The van der Waals surface area contributed by atoms with Gasteiger partial charge in [-0.2, -0.15) is 0 Å². The normalized spacial score (nSPS) is 13.4. The van der Waals surface area contributed by atoms with Crippen molar-refractivity contribution in [3.8, 4) is 0 Å². The monoisotopic (exact) mass is 722 g/mol. The predicted molar refractivity (Wildman–Crippen MR) is 242 cm³/mol. The van der Waals surface area contributed by atoms with Gasteiger partial charge in [0.05, 0.1) is 23.1 Å². The van der Waals surface area contributed by atoms with Crippen molar-refractivity contribution in [3.05, 3.63) is 201 Å². The van der Waals surface area contributed by atoms with Gasteiger partial charge in [0.15, 0.2) is 0 Å². The van der Waals surface area contributed by atoms with Crippen molar-refractivity contribution in [2.75, 3.05) is 9.80 Å². The van der Waals surface area contributed by atoms with Crippen molar-refractivity contribution in [1.29, 1.82) is 0 Å². The molecule has 3 aliphatic rings. The maximum absolute atomic E-state index is 5.06. The van der Waals surface area contributed by atoms with Crippen LogP contribution in [-0.2, 0) is 0 Å². The molecule has 0 radical (unpaired) electrons. The minimum absolute atomic E-state index is 0.0125. The van der Waals surface area contributed by atoms with Gasteiger partial charge in [0.1, 0.15) is 0 Å². The van der Waals surface area contributed by atoms with Gasteiger partial charge in [-0.1, -0.05) is 167 Å². The average molecular weight is 722 g/mol. The van der Waals surface area contributed by atoms with Gasteiger partial charge in [0.2, 0.25) is 20.1 Å². The molecule has 0 N–H and O–H groups in total. The van der Waals surface area contributed by atoms with Crippen molar-refractivity contribution < 1.29 is 0 Å². The van der Waals surface area contributed by atoms with Crippen LogP contribution in [0.1, 0.15) is 0 Å². The maximum Gasteiger partial charge on any atom is 0.249 e. The summed E-state index contributed by atoms with van der Waals surface area (Å²) in [4.78, 5) is 14.8. The Bertz CT molecular complexity index is 3000. The third kappa shape index (κ3) is 4.72. The minimum Gasteiger partial charge on any atom is -0.310 e. The number of fused-ring (bicyclic) bond motifs is 8. The summed E-state index contributed by atoms with van der Waals surface area (Å²) >= 11 is 0. The SMILES string of the molecule is c1ccc(B2c3ccccc3B3c4ccccc4N(c4cccnc4)c4c3c2cc2c4B(c3ccccc3)c3ccccc3N2c2cccc3cccnc23)cc1. The number of aromatic nitrogens is 2. The van der Waals surface area contributed by atoms with Gasteiger partial charge in [-0.3, -0.25) is 9.97 Å². The van der Waals surface area contributed by atoms with E-state index in [9.17, 15) is 0 Å². The molecular formula is C50H33B3N4. The topological polar surface area (TPSA) is 32.3 Å². The van der Waals surface area contributed by atoms with E-state index in [4.69, 9.17) is 9.97 Å². The van der Waals surface area contributed by atoms with Gasteiger partial charge in [0.25, 0.3) is 0 Å². The quantitative estimate of drug-likeness (QED) is 0.238. The molecule has 0 aliphatic carbocycles. The van der Waals surface area contributed by atoms with E-state index in [0.29, 0.717) is 0 Å². The van der Waals surface area contributed by atoms with E-state index in [1.807, 2.05) is 24.7 Å². The molecule has 0 bridgehead atoms. The van der Waals surface area contributed by atoms with Crippen LogP contribution in [-0.4, -0.2) is 30.1 Å². The number of benzene rings is 7. The van der Waals surface area contributed by atoms with Crippen LogP contribution in [0.2, 0.25) is 0 Å². The summed E-state index contributed by atoms with van der Waals surface area (Å²) in [6.45, 7) is -0.0188. The first-order chi connectivity index (χ1) is 28.3. The Balaban J connectivity index is 1.30. The van der Waals surface area contributed by atoms with Crippen LogP contribution >= 0.6 is 0 Å². The smallest absolute Gasteiger partial charge is 0.249 e. The number of para-hydroxylation sites is 3. The molecule has 4 nitrogen and oxygen atoms in total. The summed E-state index contributed by atoms with van der Waals surface area (Å²) in [6, 6.07) is 67.0. The number of pyridine rings is 2. The lowest BCUT2D eigenvalue weighted by atomic mass is 9.19. The van der Waals surface area contributed by atoms with Crippen molar-refractivity contribution >= 4 is 114 Å². The molecular weight excluding hydrogens is 689 g/mol. The summed E-state index contributed by atoms with van der Waals surface area (Å²) in [5.41, 5.74) is 19.6. The molecule has 5 heterocycles. The van der Waals surface area contributed by atoms with Gasteiger partial charge in [-0.25, -0.2) is 0 Å². The maximum atomic E-state index is 5.06. The summed E-state index contributed by atoms with van der Waals surface area (Å²) in [5.74, 6) is 0. The van der Waals surface area contributed by atoms with Gasteiger partial charge in [-0.15, -0.1) is 0 Å². The largest absolute Gasteiger partial charge is 0.310 e. The van der Waals surface area contributed by atoms with E-state index in [1.54, 1.807) is 0 Å². The van der Waals surface area contributed by atoms with Crippen LogP contribution in [0.5, 0.6) is 0 Å². The zero-order valence-electron chi connectivity index (χ0n) is 31.1. The molecule has 12 rings (SSSR count). The Hall–Kier alpha value is -7.11. The van der Waals surface area contributed by atoms with Crippen molar-refractivity contribution in [2.24, 2.45) is 0 Å². The zero-order chi connectivity index (χ0) is 37.5. The predicted octanol–water partition coefficient (Wildman–Crippen LogP) is 5.06. The molecule has 0 saturated carbocycles. The molecule has 3 aliphatic heterocycles. The van der Waals surface area contributed by atoms with E-state index >= 15 is 0 Å². The molecule has 0 atom stereocenters. The summed E-state index contributed by atoms with van der Waals surface area (Å²) in [7, 11) is 0. The highest BCUT2D eigenvalue weighted by Gasteiger charge is 2.49. The molecule has 0 amide bonds. The molecule has 57 heavy (non-hydrogen) atoms. The standard InChI is InChI=1S/C50H33B3N4/c1-3-18-35(19-4-1)51-38-23-7-8-24-39(38)53-41-26-10-11-27-43(41)56(37-22-15-30-54-33-37)50-47(53)42(51)32-46-48(50)52(36-20-5-2-6-21-36)40-25-9-12-28-44(40)57(46)45-29-13-16-34-17-14-31-55-49(34)45/h1-33H. The van der Waals surface area contributed by atoms with E-state index < -0.39 is 0 Å². The molecule has 0 fully saturated rings. The van der Waals surface area contributed by atoms with Crippen LogP contribution in [0.3, 0.4) is 0 Å². The number of nitrogens with zero attached hydrogens (tertiary/aromatic N) is 4. The van der Waals surface area contributed by atoms with Gasteiger partial charge >= 0.3 is 0 Å². The van der Waals surface area contributed by atoms with Crippen LogP contribution < -0.4 is 59.0 Å². The Morgan fingerprint density at radius 2 is 0.965 bits per heavy atom. The highest BCUT2D eigenvalue weighted by atomic mass is 15.2. The first kappa shape index (κ1) is 32.2. The third-order valence-electron chi connectivity index (χ3n) is 12.4. The highest BCUT2D eigenvalue weighted by Crippen LogP contribution is 2.43. The number of hydrogen-bond acceptors (Lipinski definition) is 4. The zero-order valence-corrected chi connectivity index (χ0v) is 31.1. The highest BCUT2D eigenvalue weighted by molar-refractivity contribution is 7.13.